The van der Waals surface area contributed by atoms with Gasteiger partial charge in [0.1, 0.15) is 55.6 Å². The summed E-state index contributed by atoms with van der Waals surface area (Å²) in [7, 11) is -13.8. The first-order valence-electron chi connectivity index (χ1n) is 35.7. The molecule has 0 spiro atoms. The molecule has 0 amide bonds. The van der Waals surface area contributed by atoms with Crippen LogP contribution in [0.3, 0.4) is 0 Å². The summed E-state index contributed by atoms with van der Waals surface area (Å²) in [6.07, 6.45) is 10.5. The number of nitrogens with zero attached hydrogens (tertiary/aromatic N) is 16. The van der Waals surface area contributed by atoms with Crippen LogP contribution < -0.4 is 22.6 Å². The van der Waals surface area contributed by atoms with Crippen molar-refractivity contribution in [1.29, 1.82) is 0 Å². The van der Waals surface area contributed by atoms with E-state index in [2.05, 4.69) is 44.9 Å². The number of fused-ring (bicyclic) bond motifs is 2. The Kier molecular flexibility index (Phi) is 34.6. The number of hydrogen-bond donors (Lipinski definition) is 8. The van der Waals surface area contributed by atoms with Gasteiger partial charge in [-0.15, -0.1) is 4.89 Å². The first-order valence-corrected chi connectivity index (χ1v) is 49.8. The molecule has 636 valence electrons. The Hall–Kier alpha value is -5.03. The third-order valence-corrected chi connectivity index (χ3v) is 34.3. The fourth-order valence-electron chi connectivity index (χ4n) is 10.5. The number of phosphoric acid groups is 4. The molecule has 52 heteroatoms. The summed E-state index contributed by atoms with van der Waals surface area (Å²) in [5.41, 5.74) is 10.4. The van der Waals surface area contributed by atoms with Gasteiger partial charge in [-0.3, -0.25) is 77.9 Å². The second-order valence-corrected chi connectivity index (χ2v) is 48.6. The fourth-order valence-corrected chi connectivity index (χ4v) is 19.3. The number of anilines is 2. The van der Waals surface area contributed by atoms with Crippen molar-refractivity contribution in [3.63, 3.8) is 0 Å². The highest BCUT2D eigenvalue weighted by molar-refractivity contribution is 7.56. The Morgan fingerprint density at radius 2 is 0.867 bits per heavy atom. The van der Waals surface area contributed by atoms with E-state index >= 15 is 0 Å². The van der Waals surface area contributed by atoms with Gasteiger partial charge in [0, 0.05) is 41.7 Å². The first kappa shape index (κ1) is 95.1. The van der Waals surface area contributed by atoms with Crippen LogP contribution in [0, 0.1) is 0 Å². The number of rotatable bonds is 41. The third-order valence-electron chi connectivity index (χ3n) is 18.1. The predicted octanol–water partition coefficient (Wildman–Crippen LogP) is 7.18. The minimum absolute atomic E-state index is 0.00950. The number of phosphoric ester groups is 4. The van der Waals surface area contributed by atoms with Crippen molar-refractivity contribution in [3.8, 4) is 0 Å². The van der Waals surface area contributed by atoms with E-state index in [1.54, 1.807) is 37.6 Å². The average molecular weight is 1750 g/mol. The summed E-state index contributed by atoms with van der Waals surface area (Å²) in [5.74, 6) is -0.379. The largest absolute Gasteiger partial charge is 0.705 e. The average Bonchev–Trinajstić information content (AvgIpc) is 1.60. The van der Waals surface area contributed by atoms with Crippen molar-refractivity contribution in [3.05, 3.63) is 89.5 Å². The molecule has 13 atom stereocenters. The van der Waals surface area contributed by atoms with Gasteiger partial charge in [-0.1, -0.05) is 41.5 Å². The minimum Gasteiger partial charge on any atom is -0.407 e. The monoisotopic (exact) mass is 1750 g/mol. The van der Waals surface area contributed by atoms with E-state index in [9.17, 15) is 52.0 Å². The van der Waals surface area contributed by atoms with Gasteiger partial charge in [0.25, 0.3) is 11.1 Å². The van der Waals surface area contributed by atoms with Crippen molar-refractivity contribution in [2.24, 2.45) is 0 Å². The van der Waals surface area contributed by atoms with E-state index in [-0.39, 0.29) is 65.7 Å². The summed E-state index contributed by atoms with van der Waals surface area (Å²) < 4.78 is 148. The SMILES string of the molecule is CN(C)CCCOP(=O)(O)OCC1OC(n2cnc3c(=O)[nH]c(N)nc32)C(O[Si](C)(C)C(C)(C)C)C1OP(=O)(O)OCCCN(C)C.CN(C)CCCOP(=O)(O)OCC1OC(n2cnc3c(=O)[nH]c(N)nc32)C(O[Si](C)(C)C(C)(C)C)C1OP(=O)(OCCCN(C)C)O[P+](=O)O.c1cn(P(n2ccnc2)n2ccnc2)cn1. The lowest BCUT2D eigenvalue weighted by Gasteiger charge is -2.40. The highest BCUT2D eigenvalue weighted by Crippen LogP contribution is 2.60. The van der Waals surface area contributed by atoms with Gasteiger partial charge in [-0.25, -0.2) is 43.2 Å². The van der Waals surface area contributed by atoms with Crippen LogP contribution in [0.4, 0.5) is 11.9 Å². The van der Waals surface area contributed by atoms with Gasteiger partial charge in [0.05, 0.1) is 52.3 Å². The maximum Gasteiger partial charge on any atom is 0.705 e. The van der Waals surface area contributed by atoms with Crippen LogP contribution in [0.25, 0.3) is 22.3 Å². The molecule has 9 rings (SSSR count). The molecular weight excluding hydrogens is 1640 g/mol. The topological polar surface area (TPSA) is 532 Å². The van der Waals surface area contributed by atoms with Crippen LogP contribution >= 0.6 is 47.9 Å². The molecule has 44 nitrogen and oxygen atoms in total. The van der Waals surface area contributed by atoms with E-state index in [1.165, 1.54) is 21.8 Å². The van der Waals surface area contributed by atoms with Crippen LogP contribution in [0.1, 0.15) is 79.7 Å². The Bertz CT molecular complexity index is 4370. The van der Waals surface area contributed by atoms with Crippen LogP contribution in [-0.2, 0) is 81.7 Å². The molecule has 2 fully saturated rings. The Morgan fingerprint density at radius 1 is 0.531 bits per heavy atom. The van der Waals surface area contributed by atoms with Gasteiger partial charge in [-0.2, -0.15) is 9.97 Å². The molecule has 7 aromatic heterocycles. The van der Waals surface area contributed by atoms with Crippen molar-refractivity contribution in [2.45, 2.75) is 153 Å². The van der Waals surface area contributed by atoms with E-state index in [0.29, 0.717) is 51.9 Å². The van der Waals surface area contributed by atoms with Gasteiger partial charge < -0.3 is 64.1 Å². The smallest absolute Gasteiger partial charge is 0.407 e. The number of aromatic nitrogens is 14. The molecule has 7 aromatic rings. The van der Waals surface area contributed by atoms with Crippen molar-refractivity contribution in [1.82, 2.24) is 86.6 Å². The second kappa shape index (κ2) is 41.1. The summed E-state index contributed by atoms with van der Waals surface area (Å²) in [6.45, 7) is 20.4. The number of hydrogen-bond acceptors (Lipinski definition) is 33. The molecule has 2 saturated heterocycles. The molecule has 0 aliphatic carbocycles. The molecule has 0 bridgehead atoms. The molecule has 2 aliphatic rings. The van der Waals surface area contributed by atoms with Crippen LogP contribution in [-0.4, -0.2) is 282 Å². The van der Waals surface area contributed by atoms with Gasteiger partial charge >= 0.3 is 39.5 Å². The number of nitrogens with one attached hydrogen (secondary N) is 2. The lowest BCUT2D eigenvalue weighted by molar-refractivity contribution is -0.0502. The van der Waals surface area contributed by atoms with Gasteiger partial charge in [0.15, 0.2) is 51.4 Å². The molecule has 0 saturated carbocycles. The summed E-state index contributed by atoms with van der Waals surface area (Å²) in [6, 6.07) is 0. The highest BCUT2D eigenvalue weighted by Gasteiger charge is 2.58. The standard InChI is InChI=1S/C26H50N7O13P3Si.C26H51N7O11P2Si.C9H9N6P/c1-26(2,3)50(8,9)45-21-20(44-49(39,46-47(35)36)41-15-11-13-32(6)7)18(16-42-48(37,38)40-14-10-12-31(4)5)43-24(21)33-17-28-19-22(33)29-25(27)30-23(19)34;1-26(2,3)47(8,9)44-21-20(43-46(37,38)40-15-11-13-32(6)7)18(16-41-45(35,36)39-14-10-12-31(4)5)42-24(21)33-17-28-19-22(33)29-25(27)30-23(19)34;1-4-13(7-10-1)16(14-5-2-11-8-14)15-6-3-12-9-15/h17-18,20-21,24H,10-16H2,1-9H3,(H4-,27,29,30,34,35,36,37,38);17-18,20-21,24H,10-16H2,1-9H3,(H,35,36)(H,37,38)(H3,27,29,30,34);1-9H/p+1. The van der Waals surface area contributed by atoms with E-state index in [1.807, 2.05) is 175 Å². The van der Waals surface area contributed by atoms with E-state index < -0.39 is 143 Å². The number of nitrogens with two attached hydrogens (primary N) is 2. The number of imidazole rings is 5. The number of H-pyrrole nitrogens is 2. The maximum absolute atomic E-state index is 14.0. The Morgan fingerprint density at radius 3 is 1.19 bits per heavy atom. The van der Waals surface area contributed by atoms with Crippen LogP contribution in [0.15, 0.2) is 78.4 Å². The number of ether oxygens (including phenoxy) is 2. The fraction of sp³-hybridized carbons (Fsp3) is 0.689. The molecule has 13 unspecified atom stereocenters. The van der Waals surface area contributed by atoms with Gasteiger partial charge in [0.2, 0.25) is 20.3 Å². The zero-order valence-corrected chi connectivity index (χ0v) is 74.2. The second-order valence-electron chi connectivity index (χ2n) is 30.3. The van der Waals surface area contributed by atoms with E-state index in [4.69, 9.17) is 70.3 Å². The van der Waals surface area contributed by atoms with Crippen LogP contribution in [0.2, 0.25) is 36.3 Å². The molecule has 10 N–H and O–H groups in total. The summed E-state index contributed by atoms with van der Waals surface area (Å²) in [4.78, 5) is 108. The Labute approximate surface area is 659 Å². The zero-order valence-electron chi connectivity index (χ0n) is 66.8. The van der Waals surface area contributed by atoms with Crippen LogP contribution in [0.5, 0.6) is 0 Å². The van der Waals surface area contributed by atoms with Gasteiger partial charge in [-0.05, 0) is 149 Å². The Balaban J connectivity index is 0.000000261. The molecular formula is C61H111N20O24P6Si2+. The molecule has 0 aromatic carbocycles. The number of nitrogen functional groups attached to an aromatic ring is 2. The maximum atomic E-state index is 14.0. The highest BCUT2D eigenvalue weighted by atomic mass is 31.2. The van der Waals surface area contributed by atoms with Crippen molar-refractivity contribution >= 4 is 98.8 Å². The molecule has 2 aliphatic heterocycles. The van der Waals surface area contributed by atoms with Crippen molar-refractivity contribution in [2.75, 3.05) is 134 Å². The molecule has 9 heterocycles. The normalized spacial score (nSPS) is 21.6. The lowest BCUT2D eigenvalue weighted by atomic mass is 10.1. The molecule has 0 radical (unpaired) electrons. The predicted molar refractivity (Wildman–Crippen MR) is 423 cm³/mol. The van der Waals surface area contributed by atoms with E-state index in [0.717, 1.165) is 0 Å². The summed E-state index contributed by atoms with van der Waals surface area (Å²) >= 11 is 0. The minimum atomic E-state index is -4.86. The first-order chi connectivity index (χ1) is 52.6. The quantitative estimate of drug-likeness (QED) is 0.0107. The zero-order chi connectivity index (χ0) is 83.8. The number of aromatic amines is 2. The van der Waals surface area contributed by atoms with Crippen molar-refractivity contribution < 1.29 is 101 Å². The summed E-state index contributed by atoms with van der Waals surface area (Å²) in [5, 5.41) is -0.730. The third kappa shape index (κ3) is 28.1. The lowest BCUT2D eigenvalue weighted by Crippen LogP contribution is -2.49. The molecule has 113 heavy (non-hydrogen) atoms.